The molecule has 1 rings (SSSR count). The van der Waals surface area contributed by atoms with E-state index in [4.69, 9.17) is 0 Å². The highest BCUT2D eigenvalue weighted by Crippen LogP contribution is 2.23. The molecule has 0 bridgehead atoms. The van der Waals surface area contributed by atoms with E-state index in [0.29, 0.717) is 19.0 Å². The van der Waals surface area contributed by atoms with Gasteiger partial charge in [-0.05, 0) is 25.2 Å². The molecule has 0 heterocycles. The molecule has 3 N–H and O–H groups in total. The van der Waals surface area contributed by atoms with Gasteiger partial charge in [-0.1, -0.05) is 12.5 Å². The molecule has 1 fully saturated rings. The zero-order chi connectivity index (χ0) is 11.1. The van der Waals surface area contributed by atoms with Gasteiger partial charge in [0.15, 0.2) is 0 Å². The molecule has 0 aromatic rings. The lowest BCUT2D eigenvalue weighted by Gasteiger charge is -2.25. The number of hydrogen-bond donors (Lipinski definition) is 3. The van der Waals surface area contributed by atoms with E-state index >= 15 is 0 Å². The number of hydrogen-bond acceptors (Lipinski definition) is 2. The van der Waals surface area contributed by atoms with E-state index in [9.17, 15) is 9.90 Å². The lowest BCUT2D eigenvalue weighted by atomic mass is 9.87. The van der Waals surface area contributed by atoms with Crippen molar-refractivity contribution in [2.24, 2.45) is 5.92 Å². The van der Waals surface area contributed by atoms with Crippen LogP contribution in [0.15, 0.2) is 12.7 Å². The molecule has 0 radical (unpaired) electrons. The summed E-state index contributed by atoms with van der Waals surface area (Å²) in [5.74, 6) is 0.420. The molecule has 0 spiro atoms. The van der Waals surface area contributed by atoms with E-state index in [1.54, 1.807) is 6.08 Å². The molecule has 0 aliphatic heterocycles. The van der Waals surface area contributed by atoms with Crippen LogP contribution < -0.4 is 10.6 Å². The summed E-state index contributed by atoms with van der Waals surface area (Å²) in [7, 11) is 0. The van der Waals surface area contributed by atoms with E-state index in [1.165, 1.54) is 0 Å². The van der Waals surface area contributed by atoms with Crippen LogP contribution in [0.2, 0.25) is 0 Å². The summed E-state index contributed by atoms with van der Waals surface area (Å²) < 4.78 is 0. The highest BCUT2D eigenvalue weighted by atomic mass is 16.3. The van der Waals surface area contributed by atoms with Crippen LogP contribution in [0.5, 0.6) is 0 Å². The van der Waals surface area contributed by atoms with Crippen LogP contribution in [-0.2, 0) is 0 Å². The third kappa shape index (κ3) is 4.83. The van der Waals surface area contributed by atoms with Crippen molar-refractivity contribution in [2.45, 2.75) is 31.8 Å². The largest absolute Gasteiger partial charge is 0.393 e. The van der Waals surface area contributed by atoms with Crippen molar-refractivity contribution in [2.75, 3.05) is 13.1 Å². The first-order valence-electron chi connectivity index (χ1n) is 5.53. The van der Waals surface area contributed by atoms with Crippen molar-refractivity contribution >= 4 is 6.03 Å². The van der Waals surface area contributed by atoms with Crippen LogP contribution in [-0.4, -0.2) is 30.3 Å². The molecule has 1 aliphatic carbocycles. The minimum Gasteiger partial charge on any atom is -0.393 e. The molecular formula is C11H20N2O2. The van der Waals surface area contributed by atoms with Crippen molar-refractivity contribution in [3.8, 4) is 0 Å². The molecule has 4 heteroatoms. The van der Waals surface area contributed by atoms with Crippen molar-refractivity contribution in [1.29, 1.82) is 0 Å². The fourth-order valence-corrected chi connectivity index (χ4v) is 1.91. The lowest BCUT2D eigenvalue weighted by molar-refractivity contribution is 0.101. The maximum atomic E-state index is 11.2. The Morgan fingerprint density at radius 3 is 2.93 bits per heavy atom. The summed E-state index contributed by atoms with van der Waals surface area (Å²) in [6.07, 6.45) is 5.33. The Bertz CT molecular complexity index is 219. The molecule has 2 atom stereocenters. The van der Waals surface area contributed by atoms with Crippen molar-refractivity contribution in [3.63, 3.8) is 0 Å². The first-order chi connectivity index (χ1) is 7.22. The quantitative estimate of drug-likeness (QED) is 0.609. The Balaban J connectivity index is 2.12. The van der Waals surface area contributed by atoms with Crippen LogP contribution in [0.1, 0.15) is 25.7 Å². The Morgan fingerprint density at radius 2 is 2.27 bits per heavy atom. The maximum absolute atomic E-state index is 11.2. The minimum atomic E-state index is -0.179. The van der Waals surface area contributed by atoms with Gasteiger partial charge < -0.3 is 15.7 Å². The van der Waals surface area contributed by atoms with Gasteiger partial charge in [0.1, 0.15) is 0 Å². The predicted octanol–water partition coefficient (Wildman–Crippen LogP) is 1.02. The summed E-state index contributed by atoms with van der Waals surface area (Å²) in [5, 5.41) is 14.9. The smallest absolute Gasteiger partial charge is 0.315 e. The fraction of sp³-hybridized carbons (Fsp3) is 0.727. The van der Waals surface area contributed by atoms with Crippen LogP contribution in [0.3, 0.4) is 0 Å². The molecule has 1 saturated carbocycles. The molecule has 86 valence electrons. The second-order valence-corrected chi connectivity index (χ2v) is 4.07. The second kappa shape index (κ2) is 6.45. The van der Waals surface area contributed by atoms with Crippen molar-refractivity contribution in [3.05, 3.63) is 12.7 Å². The number of aliphatic hydroxyl groups excluding tert-OH is 1. The average molecular weight is 212 g/mol. The van der Waals surface area contributed by atoms with Gasteiger partial charge in [-0.3, -0.25) is 0 Å². The third-order valence-electron chi connectivity index (χ3n) is 2.71. The minimum absolute atomic E-state index is 0.157. The van der Waals surface area contributed by atoms with Gasteiger partial charge in [-0.25, -0.2) is 4.79 Å². The zero-order valence-electron chi connectivity index (χ0n) is 9.04. The highest BCUT2D eigenvalue weighted by molar-refractivity contribution is 5.73. The monoisotopic (exact) mass is 212 g/mol. The first kappa shape index (κ1) is 12.0. The zero-order valence-corrected chi connectivity index (χ0v) is 9.04. The van der Waals surface area contributed by atoms with Gasteiger partial charge in [0.2, 0.25) is 0 Å². The topological polar surface area (TPSA) is 61.4 Å². The molecule has 0 aromatic carbocycles. The van der Waals surface area contributed by atoms with Crippen molar-refractivity contribution in [1.82, 2.24) is 10.6 Å². The summed E-state index contributed by atoms with van der Waals surface area (Å²) in [5.41, 5.74) is 0. The lowest BCUT2D eigenvalue weighted by Crippen LogP contribution is -2.39. The second-order valence-electron chi connectivity index (χ2n) is 4.07. The van der Waals surface area contributed by atoms with Crippen LogP contribution in [0.4, 0.5) is 4.79 Å². The normalized spacial score (nSPS) is 25.7. The summed E-state index contributed by atoms with van der Waals surface area (Å²) >= 11 is 0. The molecule has 2 unspecified atom stereocenters. The van der Waals surface area contributed by atoms with Crippen LogP contribution in [0.25, 0.3) is 0 Å². The SMILES string of the molecule is C=CCNC(=O)NCC1CCCC(O)C1. The number of rotatable bonds is 4. The Hall–Kier alpha value is -1.03. The number of urea groups is 1. The van der Waals surface area contributed by atoms with Crippen molar-refractivity contribution < 1.29 is 9.90 Å². The Morgan fingerprint density at radius 1 is 1.47 bits per heavy atom. The highest BCUT2D eigenvalue weighted by Gasteiger charge is 2.20. The summed E-state index contributed by atoms with van der Waals surface area (Å²) in [6, 6.07) is -0.157. The van der Waals surface area contributed by atoms with E-state index < -0.39 is 0 Å². The number of amides is 2. The van der Waals surface area contributed by atoms with Gasteiger partial charge in [0.05, 0.1) is 6.10 Å². The van der Waals surface area contributed by atoms with Crippen LogP contribution >= 0.6 is 0 Å². The molecule has 1 aliphatic rings. The number of aliphatic hydroxyl groups is 1. The van der Waals surface area contributed by atoms with Gasteiger partial charge >= 0.3 is 6.03 Å². The molecular weight excluding hydrogens is 192 g/mol. The number of carbonyl (C=O) groups is 1. The standard InChI is InChI=1S/C11H20N2O2/c1-2-6-12-11(15)13-8-9-4-3-5-10(14)7-9/h2,9-10,14H,1,3-8H2,(H2,12,13,15). The van der Waals surface area contributed by atoms with E-state index in [-0.39, 0.29) is 12.1 Å². The van der Waals surface area contributed by atoms with Gasteiger partial charge in [0.25, 0.3) is 0 Å². The molecule has 4 nitrogen and oxygen atoms in total. The van der Waals surface area contributed by atoms with Gasteiger partial charge in [0, 0.05) is 13.1 Å². The predicted molar refractivity (Wildman–Crippen MR) is 59.6 cm³/mol. The van der Waals surface area contributed by atoms with E-state index in [0.717, 1.165) is 25.7 Å². The summed E-state index contributed by atoms with van der Waals surface area (Å²) in [4.78, 5) is 11.2. The average Bonchev–Trinajstić information content (AvgIpc) is 2.23. The molecule has 15 heavy (non-hydrogen) atoms. The van der Waals surface area contributed by atoms with Gasteiger partial charge in [-0.2, -0.15) is 0 Å². The van der Waals surface area contributed by atoms with E-state index in [2.05, 4.69) is 17.2 Å². The fourth-order valence-electron chi connectivity index (χ4n) is 1.91. The van der Waals surface area contributed by atoms with Gasteiger partial charge in [-0.15, -0.1) is 6.58 Å². The molecule has 2 amide bonds. The number of nitrogens with one attached hydrogen (secondary N) is 2. The Labute approximate surface area is 90.7 Å². The van der Waals surface area contributed by atoms with Crippen LogP contribution in [0, 0.1) is 5.92 Å². The molecule has 0 aromatic heterocycles. The Kier molecular flexibility index (Phi) is 5.18. The maximum Gasteiger partial charge on any atom is 0.315 e. The first-order valence-corrected chi connectivity index (χ1v) is 5.53. The summed E-state index contributed by atoms with van der Waals surface area (Å²) in [6.45, 7) is 4.66. The number of carbonyl (C=O) groups excluding carboxylic acids is 1. The van der Waals surface area contributed by atoms with E-state index in [1.807, 2.05) is 0 Å². The third-order valence-corrected chi connectivity index (χ3v) is 2.71. The molecule has 0 saturated heterocycles.